The molecule has 1 aliphatic heterocycles. The maximum absolute atomic E-state index is 12.6. The van der Waals surface area contributed by atoms with Crippen molar-refractivity contribution in [1.82, 2.24) is 24.8 Å². The van der Waals surface area contributed by atoms with Gasteiger partial charge in [0.25, 0.3) is 0 Å². The smallest absolute Gasteiger partial charge is 0.242 e. The number of morpholine rings is 1. The minimum atomic E-state index is -0.232. The predicted octanol–water partition coefficient (Wildman–Crippen LogP) is 0.693. The highest BCUT2D eigenvalue weighted by atomic mass is 16.5. The largest absolute Gasteiger partial charge is 0.374 e. The second-order valence-electron chi connectivity index (χ2n) is 5.84. The Bertz CT molecular complexity index is 656. The first kappa shape index (κ1) is 16.6. The van der Waals surface area contributed by atoms with Gasteiger partial charge in [0, 0.05) is 19.2 Å². The molecule has 9 nitrogen and oxygen atoms in total. The summed E-state index contributed by atoms with van der Waals surface area (Å²) in [5.41, 5.74) is 0. The molecule has 1 N–H and O–H groups in total. The lowest BCUT2D eigenvalue weighted by Crippen LogP contribution is -2.52. The van der Waals surface area contributed by atoms with Crippen LogP contribution >= 0.6 is 0 Å². The average Bonchev–Trinajstić information content (AvgIpc) is 3.20. The van der Waals surface area contributed by atoms with Crippen molar-refractivity contribution >= 4 is 11.7 Å². The number of nitrogens with one attached hydrogen (secondary N) is 1. The quantitative estimate of drug-likeness (QED) is 0.830. The van der Waals surface area contributed by atoms with E-state index in [4.69, 9.17) is 9.26 Å². The number of hydrogen-bond donors (Lipinski definition) is 1. The third-order valence-corrected chi connectivity index (χ3v) is 4.04. The number of carbonyl (C=O) groups is 1. The molecule has 2 aromatic rings. The minimum absolute atomic E-state index is 0.0170. The van der Waals surface area contributed by atoms with Gasteiger partial charge in [0.15, 0.2) is 5.82 Å². The summed E-state index contributed by atoms with van der Waals surface area (Å²) in [5, 5.41) is 10.7. The fraction of sp³-hybridized carbons (Fsp3) is 0.600. The van der Waals surface area contributed by atoms with E-state index in [0.717, 1.165) is 6.54 Å². The molecule has 0 saturated carbocycles. The fourth-order valence-corrected chi connectivity index (χ4v) is 2.92. The first-order chi connectivity index (χ1) is 11.7. The van der Waals surface area contributed by atoms with E-state index >= 15 is 0 Å². The van der Waals surface area contributed by atoms with Gasteiger partial charge in [-0.25, -0.2) is 4.98 Å². The molecular formula is C15H22N6O3. The fourth-order valence-electron chi connectivity index (χ4n) is 2.92. The average molecular weight is 334 g/mol. The monoisotopic (exact) mass is 334 g/mol. The Kier molecular flexibility index (Phi) is 5.21. The molecule has 3 rings (SSSR count). The van der Waals surface area contributed by atoms with Crippen molar-refractivity contribution in [1.29, 1.82) is 0 Å². The van der Waals surface area contributed by atoms with Gasteiger partial charge < -0.3 is 14.6 Å². The lowest BCUT2D eigenvalue weighted by molar-refractivity contribution is -0.125. The van der Waals surface area contributed by atoms with E-state index in [9.17, 15) is 4.79 Å². The van der Waals surface area contributed by atoms with E-state index in [2.05, 4.69) is 25.5 Å². The summed E-state index contributed by atoms with van der Waals surface area (Å²) in [4.78, 5) is 18.7. The molecule has 0 bridgehead atoms. The number of carbonyl (C=O) groups excluding carboxylic acids is 1. The second-order valence-corrected chi connectivity index (χ2v) is 5.84. The van der Waals surface area contributed by atoms with Crippen molar-refractivity contribution in [2.75, 3.05) is 25.0 Å². The van der Waals surface area contributed by atoms with Crippen LogP contribution in [0.2, 0.25) is 0 Å². The van der Waals surface area contributed by atoms with Crippen molar-refractivity contribution in [2.24, 2.45) is 0 Å². The van der Waals surface area contributed by atoms with Gasteiger partial charge in [-0.1, -0.05) is 12.1 Å². The number of anilines is 1. The van der Waals surface area contributed by atoms with Crippen LogP contribution in [-0.4, -0.2) is 62.6 Å². The Morgan fingerprint density at radius 2 is 2.42 bits per heavy atom. The van der Waals surface area contributed by atoms with Gasteiger partial charge in [-0.15, -0.1) is 0 Å². The lowest BCUT2D eigenvalue weighted by Gasteiger charge is -2.37. The highest BCUT2D eigenvalue weighted by molar-refractivity contribution is 5.94. The number of aryl methyl sites for hydroxylation is 1. The van der Waals surface area contributed by atoms with Crippen LogP contribution in [0.3, 0.4) is 0 Å². The Labute approximate surface area is 140 Å². The van der Waals surface area contributed by atoms with E-state index in [-0.39, 0.29) is 18.1 Å². The molecule has 0 spiro atoms. The van der Waals surface area contributed by atoms with Crippen LogP contribution in [0.5, 0.6) is 0 Å². The summed E-state index contributed by atoms with van der Waals surface area (Å²) < 4.78 is 12.5. The zero-order valence-corrected chi connectivity index (χ0v) is 13.9. The summed E-state index contributed by atoms with van der Waals surface area (Å²) in [6, 6.07) is 1.47. The van der Waals surface area contributed by atoms with Gasteiger partial charge in [-0.2, -0.15) is 5.10 Å². The maximum Gasteiger partial charge on any atom is 0.242 e. The van der Waals surface area contributed by atoms with Crippen LogP contribution in [0.25, 0.3) is 0 Å². The van der Waals surface area contributed by atoms with Crippen LogP contribution in [0, 0.1) is 6.92 Å². The molecule has 1 saturated heterocycles. The Morgan fingerprint density at radius 3 is 3.08 bits per heavy atom. The van der Waals surface area contributed by atoms with E-state index in [1.807, 2.05) is 6.92 Å². The van der Waals surface area contributed by atoms with E-state index < -0.39 is 0 Å². The number of amides is 1. The summed E-state index contributed by atoms with van der Waals surface area (Å²) in [6.07, 6.45) is 3.86. The third kappa shape index (κ3) is 3.98. The normalized spacial score (nSPS) is 20.0. The topological polar surface area (TPSA) is 98.3 Å². The Balaban J connectivity index is 1.60. The van der Waals surface area contributed by atoms with Crippen molar-refractivity contribution in [3.05, 3.63) is 24.5 Å². The van der Waals surface area contributed by atoms with Crippen LogP contribution in [-0.2, 0) is 16.1 Å². The SMILES string of the molecule is CC[C@@H](C(=O)Nc1cc(C)on1)N1CCO[C@@H](Cn2cncn2)C1. The van der Waals surface area contributed by atoms with Crippen molar-refractivity contribution in [3.8, 4) is 0 Å². The highest BCUT2D eigenvalue weighted by Gasteiger charge is 2.30. The van der Waals surface area contributed by atoms with Crippen molar-refractivity contribution in [3.63, 3.8) is 0 Å². The van der Waals surface area contributed by atoms with Gasteiger partial charge in [-0.3, -0.25) is 14.4 Å². The maximum atomic E-state index is 12.6. The summed E-state index contributed by atoms with van der Waals surface area (Å²) in [6.45, 7) is 6.39. The first-order valence-corrected chi connectivity index (χ1v) is 8.08. The Morgan fingerprint density at radius 1 is 1.54 bits per heavy atom. The van der Waals surface area contributed by atoms with Crippen LogP contribution in [0.15, 0.2) is 23.2 Å². The van der Waals surface area contributed by atoms with Crippen molar-refractivity contribution < 1.29 is 14.1 Å². The molecule has 2 aromatic heterocycles. The molecule has 24 heavy (non-hydrogen) atoms. The molecule has 0 unspecified atom stereocenters. The Hall–Kier alpha value is -2.26. The number of aromatic nitrogens is 4. The van der Waals surface area contributed by atoms with Gasteiger partial charge in [0.05, 0.1) is 25.3 Å². The first-order valence-electron chi connectivity index (χ1n) is 8.08. The van der Waals surface area contributed by atoms with E-state index in [1.165, 1.54) is 6.33 Å². The zero-order chi connectivity index (χ0) is 16.9. The predicted molar refractivity (Wildman–Crippen MR) is 85.3 cm³/mol. The van der Waals surface area contributed by atoms with E-state index in [1.54, 1.807) is 24.0 Å². The van der Waals surface area contributed by atoms with Crippen LogP contribution in [0.4, 0.5) is 5.82 Å². The molecule has 1 amide bonds. The molecule has 130 valence electrons. The number of hydrogen-bond acceptors (Lipinski definition) is 7. The molecular weight excluding hydrogens is 312 g/mol. The minimum Gasteiger partial charge on any atom is -0.374 e. The third-order valence-electron chi connectivity index (χ3n) is 4.04. The standard InChI is InChI=1S/C15H22N6O3/c1-3-13(15(22)18-14-6-11(2)24-19-14)20-4-5-23-12(7-20)8-21-10-16-9-17-21/h6,9-10,12-13H,3-5,7-8H2,1-2H3,(H,18,19,22)/t12-,13+/m1/s1. The number of ether oxygens (including phenoxy) is 1. The molecule has 1 aliphatic rings. The van der Waals surface area contributed by atoms with Gasteiger partial charge in [0.1, 0.15) is 18.4 Å². The molecule has 2 atom stereocenters. The van der Waals surface area contributed by atoms with Gasteiger partial charge >= 0.3 is 0 Å². The van der Waals surface area contributed by atoms with Gasteiger partial charge in [0.2, 0.25) is 5.91 Å². The van der Waals surface area contributed by atoms with E-state index in [0.29, 0.717) is 37.7 Å². The molecule has 0 radical (unpaired) electrons. The molecule has 1 fully saturated rings. The summed E-state index contributed by atoms with van der Waals surface area (Å²) in [7, 11) is 0. The molecule has 0 aromatic carbocycles. The lowest BCUT2D eigenvalue weighted by atomic mass is 10.1. The molecule has 0 aliphatic carbocycles. The molecule has 9 heteroatoms. The molecule has 3 heterocycles. The zero-order valence-electron chi connectivity index (χ0n) is 13.9. The number of nitrogens with zero attached hydrogens (tertiary/aromatic N) is 5. The summed E-state index contributed by atoms with van der Waals surface area (Å²) in [5.74, 6) is 1.04. The van der Waals surface area contributed by atoms with Crippen molar-refractivity contribution in [2.45, 2.75) is 39.0 Å². The van der Waals surface area contributed by atoms with Crippen LogP contribution < -0.4 is 5.32 Å². The van der Waals surface area contributed by atoms with Crippen LogP contribution in [0.1, 0.15) is 19.1 Å². The summed E-state index contributed by atoms with van der Waals surface area (Å²) >= 11 is 0. The number of rotatable bonds is 6. The highest BCUT2D eigenvalue weighted by Crippen LogP contribution is 2.15. The van der Waals surface area contributed by atoms with Gasteiger partial charge in [-0.05, 0) is 13.3 Å². The second kappa shape index (κ2) is 7.54.